The first-order chi connectivity index (χ1) is 15.5. The molecule has 0 spiro atoms. The van der Waals surface area contributed by atoms with E-state index in [0.717, 1.165) is 21.4 Å². The Kier molecular flexibility index (Phi) is 6.61. The van der Waals surface area contributed by atoms with E-state index < -0.39 is 0 Å². The molecule has 0 fully saturated rings. The normalized spacial score (nSPS) is 17.4. The van der Waals surface area contributed by atoms with Crippen LogP contribution in [0.2, 0.25) is 0 Å². The number of benzene rings is 3. The summed E-state index contributed by atoms with van der Waals surface area (Å²) < 4.78 is 5.92. The van der Waals surface area contributed by atoms with Crippen LogP contribution in [0.1, 0.15) is 35.3 Å². The molecule has 32 heavy (non-hydrogen) atoms. The SMILES string of the molecule is COC(=O)CN(c1ccccc1)C1CC(C)N(C(=O)c2ccc(Br)cc2)c2ccccc21. The van der Waals surface area contributed by atoms with Crippen molar-refractivity contribution < 1.29 is 14.3 Å². The summed E-state index contributed by atoms with van der Waals surface area (Å²) in [5, 5.41) is 0. The maximum absolute atomic E-state index is 13.5. The molecule has 0 aliphatic carbocycles. The number of hydrogen-bond acceptors (Lipinski definition) is 4. The number of methoxy groups -OCH3 is 1. The highest BCUT2D eigenvalue weighted by atomic mass is 79.9. The van der Waals surface area contributed by atoms with Crippen LogP contribution in [0, 0.1) is 0 Å². The number of carbonyl (C=O) groups is 2. The van der Waals surface area contributed by atoms with Crippen LogP contribution in [-0.2, 0) is 9.53 Å². The smallest absolute Gasteiger partial charge is 0.325 e. The minimum atomic E-state index is -0.299. The Morgan fingerprint density at radius 3 is 2.34 bits per heavy atom. The number of amides is 1. The van der Waals surface area contributed by atoms with Gasteiger partial charge in [0.15, 0.2) is 0 Å². The molecule has 0 N–H and O–H groups in total. The first-order valence-corrected chi connectivity index (χ1v) is 11.4. The van der Waals surface area contributed by atoms with E-state index in [1.54, 1.807) is 0 Å². The fraction of sp³-hybridized carbons (Fsp3) is 0.231. The van der Waals surface area contributed by atoms with Gasteiger partial charge in [-0.15, -0.1) is 0 Å². The first kappa shape index (κ1) is 22.1. The highest BCUT2D eigenvalue weighted by molar-refractivity contribution is 9.10. The van der Waals surface area contributed by atoms with E-state index in [0.29, 0.717) is 12.0 Å². The molecule has 3 aromatic rings. The van der Waals surface area contributed by atoms with E-state index in [-0.39, 0.29) is 30.5 Å². The predicted octanol–water partition coefficient (Wildman–Crippen LogP) is 5.61. The van der Waals surface area contributed by atoms with Gasteiger partial charge < -0.3 is 14.5 Å². The Labute approximate surface area is 196 Å². The van der Waals surface area contributed by atoms with E-state index >= 15 is 0 Å². The zero-order valence-electron chi connectivity index (χ0n) is 18.1. The van der Waals surface area contributed by atoms with Gasteiger partial charge >= 0.3 is 5.97 Å². The summed E-state index contributed by atoms with van der Waals surface area (Å²) in [6.45, 7) is 2.19. The summed E-state index contributed by atoms with van der Waals surface area (Å²) >= 11 is 3.43. The molecule has 4 rings (SSSR count). The number of halogens is 1. The summed E-state index contributed by atoms with van der Waals surface area (Å²) in [6.07, 6.45) is 0.686. The second-order valence-electron chi connectivity index (χ2n) is 7.88. The third-order valence-corrected chi connectivity index (χ3v) is 6.39. The number of rotatable bonds is 5. The lowest BCUT2D eigenvalue weighted by molar-refractivity contribution is -0.139. The molecule has 1 aliphatic rings. The lowest BCUT2D eigenvalue weighted by Gasteiger charge is -2.44. The van der Waals surface area contributed by atoms with Crippen molar-refractivity contribution in [2.24, 2.45) is 0 Å². The second kappa shape index (κ2) is 9.57. The molecule has 2 unspecified atom stereocenters. The minimum absolute atomic E-state index is 0.0323. The molecule has 1 amide bonds. The number of anilines is 2. The molecule has 2 atom stereocenters. The van der Waals surface area contributed by atoms with Gasteiger partial charge in [0, 0.05) is 27.5 Å². The van der Waals surface area contributed by atoms with Crippen molar-refractivity contribution in [3.8, 4) is 0 Å². The first-order valence-electron chi connectivity index (χ1n) is 10.6. The third kappa shape index (κ3) is 4.41. The fourth-order valence-corrected chi connectivity index (χ4v) is 4.59. The van der Waals surface area contributed by atoms with Crippen molar-refractivity contribution in [2.75, 3.05) is 23.5 Å². The largest absolute Gasteiger partial charge is 0.468 e. The van der Waals surface area contributed by atoms with Gasteiger partial charge in [0.2, 0.25) is 0 Å². The number of hydrogen-bond donors (Lipinski definition) is 0. The Morgan fingerprint density at radius 1 is 1.00 bits per heavy atom. The molecule has 0 saturated carbocycles. The summed E-state index contributed by atoms with van der Waals surface area (Å²) in [6, 6.07) is 25.1. The van der Waals surface area contributed by atoms with Crippen LogP contribution in [0.4, 0.5) is 11.4 Å². The van der Waals surface area contributed by atoms with Gasteiger partial charge in [-0.25, -0.2) is 0 Å². The molecule has 1 heterocycles. The molecular formula is C26H25BrN2O3. The van der Waals surface area contributed by atoms with Gasteiger partial charge in [0.05, 0.1) is 13.2 Å². The Morgan fingerprint density at radius 2 is 1.66 bits per heavy atom. The molecule has 164 valence electrons. The number of para-hydroxylation sites is 2. The molecule has 0 saturated heterocycles. The van der Waals surface area contributed by atoms with Gasteiger partial charge in [-0.3, -0.25) is 9.59 Å². The van der Waals surface area contributed by atoms with Crippen LogP contribution in [0.25, 0.3) is 0 Å². The van der Waals surface area contributed by atoms with Crippen LogP contribution in [0.5, 0.6) is 0 Å². The summed E-state index contributed by atoms with van der Waals surface area (Å²) in [4.78, 5) is 29.7. The van der Waals surface area contributed by atoms with Crippen LogP contribution in [0.3, 0.4) is 0 Å². The number of esters is 1. The Hall–Kier alpha value is -3.12. The minimum Gasteiger partial charge on any atom is -0.468 e. The maximum atomic E-state index is 13.5. The number of ether oxygens (including phenoxy) is 1. The summed E-state index contributed by atoms with van der Waals surface area (Å²) in [7, 11) is 1.40. The van der Waals surface area contributed by atoms with Crippen LogP contribution < -0.4 is 9.80 Å². The fourth-order valence-electron chi connectivity index (χ4n) is 4.32. The Balaban J connectivity index is 1.76. The van der Waals surface area contributed by atoms with Crippen LogP contribution >= 0.6 is 15.9 Å². The standard InChI is InChI=1S/C26H25BrN2O3/c1-18-16-24(28(17-25(30)32-2)21-8-4-3-5-9-21)22-10-6-7-11-23(22)29(18)26(31)19-12-14-20(27)15-13-19/h3-15,18,24H,16-17H2,1-2H3. The van der Waals surface area contributed by atoms with Gasteiger partial charge in [-0.05, 0) is 61.4 Å². The number of carbonyl (C=O) groups excluding carboxylic acids is 2. The molecule has 1 aliphatic heterocycles. The van der Waals surface area contributed by atoms with Gasteiger partial charge in [-0.1, -0.05) is 52.3 Å². The molecule has 5 nitrogen and oxygen atoms in total. The average Bonchev–Trinajstić information content (AvgIpc) is 2.82. The van der Waals surface area contributed by atoms with E-state index in [1.807, 2.05) is 83.8 Å². The van der Waals surface area contributed by atoms with Crippen LogP contribution in [-0.4, -0.2) is 31.6 Å². The molecule has 0 aromatic heterocycles. The maximum Gasteiger partial charge on any atom is 0.325 e. The lowest BCUT2D eigenvalue weighted by atomic mass is 9.89. The van der Waals surface area contributed by atoms with E-state index in [2.05, 4.69) is 27.8 Å². The lowest BCUT2D eigenvalue weighted by Crippen LogP contribution is -2.47. The quantitative estimate of drug-likeness (QED) is 0.434. The number of nitrogens with zero attached hydrogens (tertiary/aromatic N) is 2. The van der Waals surface area contributed by atoms with Gasteiger partial charge in [-0.2, -0.15) is 0 Å². The molecule has 3 aromatic carbocycles. The zero-order valence-corrected chi connectivity index (χ0v) is 19.7. The van der Waals surface area contributed by atoms with E-state index in [9.17, 15) is 9.59 Å². The Bertz CT molecular complexity index is 1100. The van der Waals surface area contributed by atoms with Crippen LogP contribution in [0.15, 0.2) is 83.3 Å². The molecule has 0 radical (unpaired) electrons. The highest BCUT2D eigenvalue weighted by Crippen LogP contribution is 2.42. The van der Waals surface area contributed by atoms with Crippen molar-refractivity contribution in [1.82, 2.24) is 0 Å². The summed E-state index contributed by atoms with van der Waals surface area (Å²) in [5.74, 6) is -0.331. The van der Waals surface area contributed by atoms with Crippen molar-refractivity contribution in [3.63, 3.8) is 0 Å². The monoisotopic (exact) mass is 492 g/mol. The van der Waals surface area contributed by atoms with Crippen molar-refractivity contribution in [1.29, 1.82) is 0 Å². The van der Waals surface area contributed by atoms with Crippen molar-refractivity contribution in [3.05, 3.63) is 94.5 Å². The van der Waals surface area contributed by atoms with E-state index in [1.165, 1.54) is 7.11 Å². The van der Waals surface area contributed by atoms with Gasteiger partial charge in [0.25, 0.3) is 5.91 Å². The van der Waals surface area contributed by atoms with E-state index in [4.69, 9.17) is 4.74 Å². The summed E-state index contributed by atoms with van der Waals surface area (Å²) in [5.41, 5.74) is 3.47. The second-order valence-corrected chi connectivity index (χ2v) is 8.80. The third-order valence-electron chi connectivity index (χ3n) is 5.86. The average molecular weight is 493 g/mol. The zero-order chi connectivity index (χ0) is 22.7. The van der Waals surface area contributed by atoms with Crippen molar-refractivity contribution >= 4 is 39.2 Å². The molecule has 6 heteroatoms. The van der Waals surface area contributed by atoms with Crippen molar-refractivity contribution in [2.45, 2.75) is 25.4 Å². The highest BCUT2D eigenvalue weighted by Gasteiger charge is 2.37. The molecular weight excluding hydrogens is 468 g/mol. The predicted molar refractivity (Wildman–Crippen MR) is 130 cm³/mol. The topological polar surface area (TPSA) is 49.9 Å². The molecule has 0 bridgehead atoms. The number of fused-ring (bicyclic) bond motifs is 1. The van der Waals surface area contributed by atoms with Gasteiger partial charge in [0.1, 0.15) is 6.54 Å².